The molecule has 1 saturated heterocycles. The van der Waals surface area contributed by atoms with Crippen LogP contribution < -0.4 is 0 Å². The van der Waals surface area contributed by atoms with E-state index in [-0.39, 0.29) is 0 Å². The maximum absolute atomic E-state index is 13.1. The molecule has 0 aromatic heterocycles. The van der Waals surface area contributed by atoms with Gasteiger partial charge in [-0.05, 0) is 65.4 Å². The van der Waals surface area contributed by atoms with E-state index < -0.39 is 10.0 Å². The second kappa shape index (κ2) is 3.15. The zero-order valence-corrected chi connectivity index (χ0v) is 14.8. The molecule has 1 aromatic carbocycles. The minimum atomic E-state index is -3.33. The van der Waals surface area contributed by atoms with E-state index in [1.807, 2.05) is 23.4 Å². The second-order valence-electron chi connectivity index (χ2n) is 9.48. The topological polar surface area (TPSA) is 37.4 Å². The van der Waals surface area contributed by atoms with Crippen LogP contribution in [0, 0.1) is 40.4 Å². The Morgan fingerprint density at radius 2 is 1.78 bits per heavy atom. The molecule has 5 aliphatic rings. The van der Waals surface area contributed by atoms with E-state index in [4.69, 9.17) is 0 Å². The van der Waals surface area contributed by atoms with Crippen LogP contribution in [0.25, 0.3) is 0 Å². The molecule has 1 aliphatic heterocycles. The molecule has 6 unspecified atom stereocenters. The highest BCUT2D eigenvalue weighted by atomic mass is 32.2. The van der Waals surface area contributed by atoms with Gasteiger partial charge in [0.15, 0.2) is 0 Å². The van der Waals surface area contributed by atoms with Crippen molar-refractivity contribution in [1.82, 2.24) is 4.31 Å². The Balaban J connectivity index is 1.38. The molecule has 122 valence electrons. The highest BCUT2D eigenvalue weighted by Crippen LogP contribution is 3.06. The zero-order valence-electron chi connectivity index (χ0n) is 14.0. The molecule has 0 radical (unpaired) electrons. The minimum absolute atomic E-state index is 0.335. The van der Waals surface area contributed by atoms with Crippen molar-refractivity contribution >= 4 is 10.0 Å². The first-order chi connectivity index (χ1) is 10.7. The maximum atomic E-state index is 13.1. The minimum Gasteiger partial charge on any atom is -0.207 e. The van der Waals surface area contributed by atoms with Crippen LogP contribution in [0.5, 0.6) is 0 Å². The first-order valence-corrected chi connectivity index (χ1v) is 10.2. The molecule has 6 rings (SSSR count). The van der Waals surface area contributed by atoms with Crippen molar-refractivity contribution in [1.29, 1.82) is 0 Å². The molecule has 4 saturated carbocycles. The number of hydrogen-bond donors (Lipinski definition) is 0. The summed E-state index contributed by atoms with van der Waals surface area (Å²) in [6.07, 6.45) is 2.62. The van der Waals surface area contributed by atoms with Gasteiger partial charge in [0.2, 0.25) is 10.0 Å². The molecule has 0 amide bonds. The van der Waals surface area contributed by atoms with E-state index in [9.17, 15) is 8.42 Å². The Morgan fingerprint density at radius 1 is 1.09 bits per heavy atom. The maximum Gasteiger partial charge on any atom is 0.243 e. The molecule has 0 bridgehead atoms. The van der Waals surface area contributed by atoms with Crippen molar-refractivity contribution in [2.75, 3.05) is 13.1 Å². The van der Waals surface area contributed by atoms with E-state index in [0.717, 1.165) is 30.5 Å². The fraction of sp³-hybridized carbons (Fsp3) is 0.684. The predicted molar refractivity (Wildman–Crippen MR) is 87.2 cm³/mol. The zero-order chi connectivity index (χ0) is 16.0. The number of fused-ring (bicyclic) bond motifs is 1. The molecule has 1 heterocycles. The lowest BCUT2D eigenvalue weighted by Crippen LogP contribution is -2.37. The summed E-state index contributed by atoms with van der Waals surface area (Å²) in [6, 6.07) is 7.33. The van der Waals surface area contributed by atoms with Gasteiger partial charge in [-0.15, -0.1) is 0 Å². The van der Waals surface area contributed by atoms with E-state index in [0.29, 0.717) is 26.6 Å². The Morgan fingerprint density at radius 3 is 2.43 bits per heavy atom. The lowest BCUT2D eigenvalue weighted by Gasteiger charge is -2.32. The Labute approximate surface area is 138 Å². The van der Waals surface area contributed by atoms with E-state index in [1.54, 1.807) is 12.1 Å². The highest BCUT2D eigenvalue weighted by Gasteiger charge is 3.03. The van der Waals surface area contributed by atoms with Gasteiger partial charge in [-0.3, -0.25) is 0 Å². The van der Waals surface area contributed by atoms with Crippen LogP contribution in [0.15, 0.2) is 29.2 Å². The quantitative estimate of drug-likeness (QED) is 0.836. The Kier molecular flexibility index (Phi) is 1.84. The van der Waals surface area contributed by atoms with Crippen molar-refractivity contribution in [3.8, 4) is 0 Å². The second-order valence-corrected chi connectivity index (χ2v) is 11.4. The highest BCUT2D eigenvalue weighted by molar-refractivity contribution is 7.89. The molecule has 0 N–H and O–H groups in total. The molecule has 5 fully saturated rings. The smallest absolute Gasteiger partial charge is 0.207 e. The van der Waals surface area contributed by atoms with Crippen molar-refractivity contribution in [3.63, 3.8) is 0 Å². The van der Waals surface area contributed by atoms with Gasteiger partial charge >= 0.3 is 0 Å². The number of rotatable bonds is 2. The van der Waals surface area contributed by atoms with Crippen molar-refractivity contribution in [3.05, 3.63) is 29.8 Å². The summed E-state index contributed by atoms with van der Waals surface area (Å²) < 4.78 is 27.9. The number of piperidine rings is 1. The van der Waals surface area contributed by atoms with Gasteiger partial charge in [-0.2, -0.15) is 4.31 Å². The summed E-state index contributed by atoms with van der Waals surface area (Å²) in [4.78, 5) is 0.465. The van der Waals surface area contributed by atoms with Crippen LogP contribution in [0.2, 0.25) is 0 Å². The molecule has 1 aromatic rings. The third-order valence-electron chi connectivity index (χ3n) is 9.01. The predicted octanol–water partition coefficient (Wildman–Crippen LogP) is 3.05. The lowest BCUT2D eigenvalue weighted by molar-refractivity contribution is 0.183. The van der Waals surface area contributed by atoms with Gasteiger partial charge in [0.25, 0.3) is 0 Å². The van der Waals surface area contributed by atoms with Crippen molar-refractivity contribution in [2.24, 2.45) is 33.5 Å². The van der Waals surface area contributed by atoms with Crippen LogP contribution in [0.3, 0.4) is 0 Å². The average molecular weight is 329 g/mol. The molecule has 1 spiro atoms. The molecule has 3 nitrogen and oxygen atoms in total. The van der Waals surface area contributed by atoms with Gasteiger partial charge in [-0.25, -0.2) is 8.42 Å². The number of aryl methyl sites for hydroxylation is 1. The van der Waals surface area contributed by atoms with Crippen LogP contribution in [0.4, 0.5) is 0 Å². The summed E-state index contributed by atoms with van der Waals surface area (Å²) in [6.45, 7) is 8.47. The van der Waals surface area contributed by atoms with Gasteiger partial charge in [-0.1, -0.05) is 31.5 Å². The largest absolute Gasteiger partial charge is 0.243 e. The normalized spacial score (nSPS) is 54.9. The fourth-order valence-electron chi connectivity index (χ4n) is 8.14. The van der Waals surface area contributed by atoms with Crippen molar-refractivity contribution in [2.45, 2.75) is 38.5 Å². The summed E-state index contributed by atoms with van der Waals surface area (Å²) in [5.41, 5.74) is 2.81. The third kappa shape index (κ3) is 1.04. The number of benzene rings is 1. The van der Waals surface area contributed by atoms with Crippen LogP contribution in [-0.4, -0.2) is 25.8 Å². The van der Waals surface area contributed by atoms with Crippen molar-refractivity contribution < 1.29 is 8.42 Å². The van der Waals surface area contributed by atoms with Crippen LogP contribution in [0.1, 0.15) is 32.3 Å². The molecular weight excluding hydrogens is 306 g/mol. The van der Waals surface area contributed by atoms with Gasteiger partial charge in [0.05, 0.1) is 4.90 Å². The molecule has 6 atom stereocenters. The average Bonchev–Trinajstić information content (AvgIpc) is 2.95. The summed E-state index contributed by atoms with van der Waals surface area (Å²) in [7, 11) is -3.33. The number of sulfonamides is 1. The number of hydrogen-bond acceptors (Lipinski definition) is 2. The van der Waals surface area contributed by atoms with Gasteiger partial charge < -0.3 is 0 Å². The van der Waals surface area contributed by atoms with Crippen LogP contribution in [-0.2, 0) is 10.0 Å². The fourth-order valence-corrected chi connectivity index (χ4v) is 9.70. The SMILES string of the molecule is Cc1ccc(S(=O)(=O)N2CC34CC5(C)C6C5(C)CC3C64C2)cc1. The summed E-state index contributed by atoms with van der Waals surface area (Å²) >= 11 is 0. The van der Waals surface area contributed by atoms with E-state index >= 15 is 0 Å². The Bertz CT molecular complexity index is 877. The number of nitrogens with zero attached hydrogens (tertiary/aromatic N) is 1. The van der Waals surface area contributed by atoms with E-state index in [2.05, 4.69) is 13.8 Å². The summed E-state index contributed by atoms with van der Waals surface area (Å²) in [5, 5.41) is 0. The molecular formula is C19H23NO2S. The first-order valence-electron chi connectivity index (χ1n) is 8.79. The summed E-state index contributed by atoms with van der Waals surface area (Å²) in [5.74, 6) is 1.60. The van der Waals surface area contributed by atoms with E-state index in [1.165, 1.54) is 12.8 Å². The first kappa shape index (κ1) is 13.4. The standard InChI is InChI=1S/C19H23NO2S/c1-12-4-6-13(7-5-12)23(21,22)20-10-18-9-17(3)15-16(17,2)8-14(18)19(15,18)11-20/h4-7,14-15H,8-11H2,1-3H3. The molecule has 4 heteroatoms. The molecule has 23 heavy (non-hydrogen) atoms. The monoisotopic (exact) mass is 329 g/mol. The van der Waals surface area contributed by atoms with Gasteiger partial charge in [0.1, 0.15) is 0 Å². The third-order valence-corrected chi connectivity index (χ3v) is 10.8. The molecule has 4 aliphatic carbocycles. The Hall–Kier alpha value is -0.870. The van der Waals surface area contributed by atoms with Crippen LogP contribution >= 0.6 is 0 Å². The van der Waals surface area contributed by atoms with Gasteiger partial charge in [0, 0.05) is 13.1 Å². The lowest BCUT2D eigenvalue weighted by atomic mass is 9.75.